The molecule has 3 rings (SSSR count). The third-order valence-corrected chi connectivity index (χ3v) is 4.26. The minimum atomic E-state index is 0.143. The fourth-order valence-corrected chi connectivity index (χ4v) is 2.86. The van der Waals surface area contributed by atoms with Crippen LogP contribution in [-0.2, 0) is 0 Å². The van der Waals surface area contributed by atoms with Crippen molar-refractivity contribution in [2.75, 3.05) is 19.5 Å². The minimum Gasteiger partial charge on any atom is -0.493 e. The van der Waals surface area contributed by atoms with Gasteiger partial charge in [0.1, 0.15) is 35.8 Å². The van der Waals surface area contributed by atoms with Crippen LogP contribution in [0.3, 0.4) is 0 Å². The number of nitrogens with two attached hydrogens (primary N) is 1. The number of hydrogen-bond donors (Lipinski definition) is 1. The molecule has 3 aromatic rings. The Hall–Kier alpha value is -4.49. The van der Waals surface area contributed by atoms with E-state index in [1.807, 2.05) is 30.3 Å². The Morgan fingerprint density at radius 3 is 2.60 bits per heavy atom. The van der Waals surface area contributed by atoms with Crippen molar-refractivity contribution in [3.63, 3.8) is 0 Å². The maximum atomic E-state index is 9.74. The Balaban J connectivity index is 2.07. The van der Waals surface area contributed by atoms with Crippen LogP contribution in [0.4, 0.5) is 5.82 Å². The molecule has 0 fully saturated rings. The van der Waals surface area contributed by atoms with Crippen molar-refractivity contribution in [2.45, 2.75) is 0 Å². The van der Waals surface area contributed by atoms with Gasteiger partial charge >= 0.3 is 0 Å². The van der Waals surface area contributed by atoms with E-state index in [2.05, 4.69) is 23.8 Å². The summed E-state index contributed by atoms with van der Waals surface area (Å²) in [7, 11) is 1.53. The Morgan fingerprint density at radius 2 is 1.97 bits per heavy atom. The summed E-state index contributed by atoms with van der Waals surface area (Å²) in [5, 5.41) is 23.8. The number of allylic oxidation sites excluding steroid dienone is 1. The topological polar surface area (TPSA) is 110 Å². The summed E-state index contributed by atoms with van der Waals surface area (Å²) >= 11 is 0. The molecule has 0 saturated heterocycles. The molecule has 0 saturated carbocycles. The van der Waals surface area contributed by atoms with Gasteiger partial charge in [0, 0.05) is 0 Å². The van der Waals surface area contributed by atoms with Crippen molar-refractivity contribution in [3.8, 4) is 29.3 Å². The quantitative estimate of drug-likeness (QED) is 0.477. The molecule has 0 aliphatic rings. The van der Waals surface area contributed by atoms with Gasteiger partial charge in [0.2, 0.25) is 0 Å². The molecule has 0 radical (unpaired) electrons. The van der Waals surface area contributed by atoms with Gasteiger partial charge in [0.25, 0.3) is 0 Å². The number of nitriles is 2. The van der Waals surface area contributed by atoms with Crippen LogP contribution in [0, 0.1) is 22.7 Å². The zero-order valence-electron chi connectivity index (χ0n) is 16.4. The van der Waals surface area contributed by atoms with Crippen molar-refractivity contribution in [1.82, 2.24) is 9.78 Å². The van der Waals surface area contributed by atoms with Crippen molar-refractivity contribution < 1.29 is 9.47 Å². The molecule has 1 aromatic heterocycles. The molecular formula is C23H19N5O2. The predicted molar refractivity (Wildman–Crippen MR) is 115 cm³/mol. The van der Waals surface area contributed by atoms with Gasteiger partial charge in [0.15, 0.2) is 11.5 Å². The van der Waals surface area contributed by atoms with Gasteiger partial charge in [-0.05, 0) is 35.9 Å². The smallest absolute Gasteiger partial charge is 0.161 e. The summed E-state index contributed by atoms with van der Waals surface area (Å²) in [5.41, 5.74) is 8.08. The molecule has 0 atom stereocenters. The lowest BCUT2D eigenvalue weighted by atomic mass is 10.1. The van der Waals surface area contributed by atoms with Crippen LogP contribution < -0.4 is 15.2 Å². The van der Waals surface area contributed by atoms with E-state index in [0.717, 1.165) is 0 Å². The van der Waals surface area contributed by atoms with Gasteiger partial charge in [-0.1, -0.05) is 36.9 Å². The van der Waals surface area contributed by atoms with Crippen LogP contribution in [0.5, 0.6) is 11.5 Å². The van der Waals surface area contributed by atoms with E-state index < -0.39 is 0 Å². The number of methoxy groups -OCH3 is 1. The summed E-state index contributed by atoms with van der Waals surface area (Å²) in [5.74, 6) is 1.24. The van der Waals surface area contributed by atoms with E-state index in [-0.39, 0.29) is 22.6 Å². The number of nitrogen functional groups attached to an aromatic ring is 1. The largest absolute Gasteiger partial charge is 0.493 e. The van der Waals surface area contributed by atoms with E-state index in [4.69, 9.17) is 15.2 Å². The fraction of sp³-hybridized carbons (Fsp3) is 0.0870. The molecule has 2 aromatic carbocycles. The Morgan fingerprint density at radius 1 is 1.20 bits per heavy atom. The highest BCUT2D eigenvalue weighted by atomic mass is 16.5. The van der Waals surface area contributed by atoms with Gasteiger partial charge in [-0.3, -0.25) is 0 Å². The molecule has 1 heterocycles. The number of aromatic nitrogens is 2. The summed E-state index contributed by atoms with van der Waals surface area (Å²) < 4.78 is 12.4. The zero-order chi connectivity index (χ0) is 21.5. The molecule has 0 aliphatic heterocycles. The number of hydrogen-bond acceptors (Lipinski definition) is 6. The zero-order valence-corrected chi connectivity index (χ0v) is 16.4. The van der Waals surface area contributed by atoms with E-state index in [9.17, 15) is 10.5 Å². The van der Waals surface area contributed by atoms with Gasteiger partial charge in [-0.25, -0.2) is 4.68 Å². The predicted octanol–water partition coefficient (Wildman–Crippen LogP) is 3.96. The third-order valence-electron chi connectivity index (χ3n) is 4.26. The second kappa shape index (κ2) is 9.13. The highest BCUT2D eigenvalue weighted by Crippen LogP contribution is 2.31. The van der Waals surface area contributed by atoms with Gasteiger partial charge in [-0.15, -0.1) is 0 Å². The van der Waals surface area contributed by atoms with E-state index in [0.29, 0.717) is 29.4 Å². The lowest BCUT2D eigenvalue weighted by molar-refractivity contribution is 0.326. The fourth-order valence-electron chi connectivity index (χ4n) is 2.86. The normalized spacial score (nSPS) is 10.7. The molecule has 0 bridgehead atoms. The highest BCUT2D eigenvalue weighted by molar-refractivity contribution is 5.91. The molecule has 7 heteroatoms. The lowest BCUT2D eigenvalue weighted by Crippen LogP contribution is -2.02. The third kappa shape index (κ3) is 4.01. The molecular weight excluding hydrogens is 378 g/mol. The molecule has 2 N–H and O–H groups in total. The van der Waals surface area contributed by atoms with Crippen LogP contribution in [0.2, 0.25) is 0 Å². The van der Waals surface area contributed by atoms with Gasteiger partial charge in [0.05, 0.1) is 18.4 Å². The van der Waals surface area contributed by atoms with Crippen molar-refractivity contribution in [3.05, 3.63) is 78.0 Å². The summed E-state index contributed by atoms with van der Waals surface area (Å²) in [4.78, 5) is 0. The maximum absolute atomic E-state index is 9.74. The first-order valence-electron chi connectivity index (χ1n) is 9.00. The first kappa shape index (κ1) is 20.2. The number of para-hydroxylation sites is 1. The number of ether oxygens (including phenoxy) is 2. The number of rotatable bonds is 7. The minimum absolute atomic E-state index is 0.143. The number of nitrogens with zero attached hydrogens (tertiary/aromatic N) is 4. The SMILES string of the molecule is C=CCOc1ccc(/C=C(\C#N)c2nn(-c3ccccc3)c(N)c2C#N)cc1OC. The monoisotopic (exact) mass is 397 g/mol. The van der Waals surface area contributed by atoms with Crippen LogP contribution in [0.1, 0.15) is 16.8 Å². The average Bonchev–Trinajstić information content (AvgIpc) is 3.12. The van der Waals surface area contributed by atoms with Crippen molar-refractivity contribution >= 4 is 17.5 Å². The second-order valence-corrected chi connectivity index (χ2v) is 6.15. The summed E-state index contributed by atoms with van der Waals surface area (Å²) in [6.07, 6.45) is 3.26. The van der Waals surface area contributed by atoms with E-state index >= 15 is 0 Å². The molecule has 0 spiro atoms. The summed E-state index contributed by atoms with van der Waals surface area (Å²) in [6.45, 7) is 3.97. The van der Waals surface area contributed by atoms with Crippen LogP contribution in [0.25, 0.3) is 17.3 Å². The number of anilines is 1. The maximum Gasteiger partial charge on any atom is 0.161 e. The molecule has 0 unspecified atom stereocenters. The van der Waals surface area contributed by atoms with Crippen LogP contribution >= 0.6 is 0 Å². The Labute approximate surface area is 174 Å². The first-order chi connectivity index (χ1) is 14.6. The Bertz CT molecular complexity index is 1180. The molecule has 0 amide bonds. The lowest BCUT2D eigenvalue weighted by Gasteiger charge is -2.10. The molecule has 30 heavy (non-hydrogen) atoms. The van der Waals surface area contributed by atoms with E-state index in [1.165, 1.54) is 11.8 Å². The van der Waals surface area contributed by atoms with Crippen molar-refractivity contribution in [2.24, 2.45) is 0 Å². The van der Waals surface area contributed by atoms with E-state index in [1.54, 1.807) is 30.4 Å². The van der Waals surface area contributed by atoms with Crippen LogP contribution in [-0.4, -0.2) is 23.5 Å². The standard InChI is InChI=1S/C23H19N5O2/c1-3-11-30-20-10-9-16(13-21(20)29-2)12-17(14-24)22-19(15-25)23(26)28(27-22)18-7-5-4-6-8-18/h3-10,12-13H,1,11,26H2,2H3/b17-12+. The van der Waals surface area contributed by atoms with Gasteiger partial charge in [-0.2, -0.15) is 15.6 Å². The Kier molecular flexibility index (Phi) is 6.17. The average molecular weight is 397 g/mol. The highest BCUT2D eigenvalue weighted by Gasteiger charge is 2.20. The van der Waals surface area contributed by atoms with Gasteiger partial charge < -0.3 is 15.2 Å². The van der Waals surface area contributed by atoms with Crippen LogP contribution in [0.15, 0.2) is 61.2 Å². The molecule has 7 nitrogen and oxygen atoms in total. The van der Waals surface area contributed by atoms with Crippen molar-refractivity contribution in [1.29, 1.82) is 10.5 Å². The molecule has 148 valence electrons. The molecule has 0 aliphatic carbocycles. The number of benzene rings is 2. The first-order valence-corrected chi connectivity index (χ1v) is 9.00. The summed E-state index contributed by atoms with van der Waals surface area (Å²) in [6, 6.07) is 18.6. The second-order valence-electron chi connectivity index (χ2n) is 6.15.